The molecule has 0 aromatic heterocycles. The van der Waals surface area contributed by atoms with Crippen molar-refractivity contribution in [1.29, 1.82) is 0 Å². The highest BCUT2D eigenvalue weighted by atomic mass is 127. The monoisotopic (exact) mass is 348 g/mol. The smallest absolute Gasteiger partial charge is 0.276 e. The van der Waals surface area contributed by atoms with E-state index in [2.05, 4.69) is 0 Å². The number of rotatable bonds is 1. The zero-order valence-corrected chi connectivity index (χ0v) is 10.4. The first-order chi connectivity index (χ1) is 6.75. The van der Waals surface area contributed by atoms with Crippen LogP contribution in [-0.4, -0.2) is 5.24 Å². The van der Waals surface area contributed by atoms with Gasteiger partial charge >= 0.3 is 6.18 Å². The molecule has 0 radical (unpaired) electrons. The predicted molar refractivity (Wildman–Crippen MR) is 59.1 cm³/mol. The van der Waals surface area contributed by atoms with Gasteiger partial charge in [-0.1, -0.05) is 6.07 Å². The van der Waals surface area contributed by atoms with Crippen molar-refractivity contribution >= 4 is 39.4 Å². The Morgan fingerprint density at radius 3 is 2.27 bits per heavy atom. The minimum atomic E-state index is -4.57. The van der Waals surface area contributed by atoms with Crippen molar-refractivity contribution in [2.24, 2.45) is 0 Å². The topological polar surface area (TPSA) is 17.1 Å². The second kappa shape index (κ2) is 4.29. The van der Waals surface area contributed by atoms with Crippen LogP contribution in [-0.2, 0) is 6.18 Å². The summed E-state index contributed by atoms with van der Waals surface area (Å²) in [5, 5.41) is -1.08. The van der Waals surface area contributed by atoms with E-state index >= 15 is 0 Å². The van der Waals surface area contributed by atoms with Crippen LogP contribution in [0, 0.1) is 10.5 Å². The average molecular weight is 348 g/mol. The second-order valence-corrected chi connectivity index (χ2v) is 4.39. The first-order valence-corrected chi connectivity index (χ1v) is 5.27. The molecule has 0 aliphatic carbocycles. The quantitative estimate of drug-likeness (QED) is 0.554. The molecule has 0 saturated heterocycles. The van der Waals surface area contributed by atoms with Gasteiger partial charge in [0, 0.05) is 3.57 Å². The Kier molecular flexibility index (Phi) is 3.65. The maximum atomic E-state index is 12.6. The van der Waals surface area contributed by atoms with Crippen molar-refractivity contribution in [1.82, 2.24) is 0 Å². The van der Waals surface area contributed by atoms with Crippen LogP contribution in [0.2, 0.25) is 0 Å². The Labute approximate surface area is 103 Å². The van der Waals surface area contributed by atoms with Crippen LogP contribution >= 0.6 is 34.2 Å². The summed E-state index contributed by atoms with van der Waals surface area (Å²) in [5.74, 6) is 0. The van der Waals surface area contributed by atoms with Gasteiger partial charge in [0.2, 0.25) is 0 Å². The molecule has 0 bridgehead atoms. The molecule has 0 N–H and O–H groups in total. The lowest BCUT2D eigenvalue weighted by atomic mass is 10.0. The van der Waals surface area contributed by atoms with Gasteiger partial charge in [-0.25, -0.2) is 0 Å². The van der Waals surface area contributed by atoms with E-state index in [1.165, 1.54) is 41.6 Å². The Morgan fingerprint density at radius 1 is 1.40 bits per heavy atom. The number of hydrogen-bond acceptors (Lipinski definition) is 1. The third-order valence-electron chi connectivity index (χ3n) is 1.84. The van der Waals surface area contributed by atoms with Crippen LogP contribution in [0.5, 0.6) is 0 Å². The molecule has 1 rings (SSSR count). The van der Waals surface area contributed by atoms with Crippen LogP contribution in [0.15, 0.2) is 12.1 Å². The van der Waals surface area contributed by atoms with Gasteiger partial charge in [-0.15, -0.1) is 0 Å². The molecule has 0 heterocycles. The van der Waals surface area contributed by atoms with E-state index in [0.717, 1.165) is 0 Å². The lowest BCUT2D eigenvalue weighted by molar-refractivity contribution is -0.138. The summed E-state index contributed by atoms with van der Waals surface area (Å²) in [4.78, 5) is 10.9. The molecule has 0 atom stereocenters. The van der Waals surface area contributed by atoms with E-state index in [4.69, 9.17) is 11.6 Å². The SMILES string of the molecule is Cc1ccc(I)c(C(F)(F)F)c1C(=O)Cl. The zero-order chi connectivity index (χ0) is 11.8. The summed E-state index contributed by atoms with van der Waals surface area (Å²) >= 11 is 6.68. The standard InChI is InChI=1S/C9H5ClF3IO/c1-4-2-3-5(14)7(9(11,12)13)6(4)8(10)15/h2-3H,1H3. The molecule has 0 unspecified atom stereocenters. The molecule has 15 heavy (non-hydrogen) atoms. The number of halogens is 5. The third-order valence-corrected chi connectivity index (χ3v) is 2.93. The van der Waals surface area contributed by atoms with E-state index in [-0.39, 0.29) is 9.13 Å². The summed E-state index contributed by atoms with van der Waals surface area (Å²) in [6, 6.07) is 2.74. The molecular formula is C9H5ClF3IO. The van der Waals surface area contributed by atoms with E-state index in [1.807, 2.05) is 0 Å². The predicted octanol–water partition coefficient (Wildman–Crippen LogP) is 4.00. The molecule has 0 fully saturated rings. The van der Waals surface area contributed by atoms with Gasteiger partial charge in [-0.2, -0.15) is 13.2 Å². The van der Waals surface area contributed by atoms with Crippen molar-refractivity contribution < 1.29 is 18.0 Å². The molecule has 1 nitrogen and oxygen atoms in total. The zero-order valence-electron chi connectivity index (χ0n) is 7.45. The number of benzene rings is 1. The van der Waals surface area contributed by atoms with Crippen molar-refractivity contribution in [3.05, 3.63) is 32.4 Å². The summed E-state index contributed by atoms with van der Waals surface area (Å²) in [6.07, 6.45) is -4.57. The third kappa shape index (κ3) is 2.63. The van der Waals surface area contributed by atoms with Gasteiger partial charge in [-0.3, -0.25) is 4.79 Å². The molecule has 6 heteroatoms. The van der Waals surface area contributed by atoms with E-state index < -0.39 is 22.5 Å². The van der Waals surface area contributed by atoms with Crippen molar-refractivity contribution in [2.45, 2.75) is 13.1 Å². The Bertz CT molecular complexity index is 415. The largest absolute Gasteiger partial charge is 0.418 e. The number of aryl methyl sites for hydroxylation is 1. The normalized spacial score (nSPS) is 11.6. The molecule has 1 aromatic rings. The molecular weight excluding hydrogens is 343 g/mol. The average Bonchev–Trinajstić information content (AvgIpc) is 2.05. The van der Waals surface area contributed by atoms with Gasteiger partial charge in [0.1, 0.15) is 0 Å². The highest BCUT2D eigenvalue weighted by Gasteiger charge is 2.37. The second-order valence-electron chi connectivity index (χ2n) is 2.89. The minimum absolute atomic E-state index is 0.0327. The molecule has 1 aromatic carbocycles. The lowest BCUT2D eigenvalue weighted by Crippen LogP contribution is -2.14. The Balaban J connectivity index is 3.60. The molecule has 0 saturated carbocycles. The molecule has 82 valence electrons. The first kappa shape index (κ1) is 12.8. The van der Waals surface area contributed by atoms with Crippen molar-refractivity contribution in [3.8, 4) is 0 Å². The van der Waals surface area contributed by atoms with Crippen LogP contribution < -0.4 is 0 Å². The number of alkyl halides is 3. The fourth-order valence-electron chi connectivity index (χ4n) is 1.21. The summed E-state index contributed by atoms with van der Waals surface area (Å²) in [6.45, 7) is 1.42. The minimum Gasteiger partial charge on any atom is -0.276 e. The van der Waals surface area contributed by atoms with Gasteiger partial charge in [-0.05, 0) is 52.7 Å². The van der Waals surface area contributed by atoms with Gasteiger partial charge < -0.3 is 0 Å². The molecule has 0 aliphatic heterocycles. The fraction of sp³-hybridized carbons (Fsp3) is 0.222. The maximum Gasteiger partial charge on any atom is 0.418 e. The molecule has 0 amide bonds. The van der Waals surface area contributed by atoms with Crippen LogP contribution in [0.1, 0.15) is 21.5 Å². The van der Waals surface area contributed by atoms with E-state index in [9.17, 15) is 18.0 Å². The van der Waals surface area contributed by atoms with Crippen molar-refractivity contribution in [3.63, 3.8) is 0 Å². The number of carbonyl (C=O) groups is 1. The highest BCUT2D eigenvalue weighted by molar-refractivity contribution is 14.1. The highest BCUT2D eigenvalue weighted by Crippen LogP contribution is 2.37. The summed E-state index contributed by atoms with van der Waals surface area (Å²) in [5.41, 5.74) is -1.19. The van der Waals surface area contributed by atoms with E-state index in [0.29, 0.717) is 0 Å². The number of hydrogen-bond donors (Lipinski definition) is 0. The van der Waals surface area contributed by atoms with Gasteiger partial charge in [0.05, 0.1) is 11.1 Å². The lowest BCUT2D eigenvalue weighted by Gasteiger charge is -2.14. The summed E-state index contributed by atoms with van der Waals surface area (Å²) in [7, 11) is 0. The van der Waals surface area contributed by atoms with E-state index in [1.54, 1.807) is 0 Å². The Hall–Kier alpha value is -0.300. The maximum absolute atomic E-state index is 12.6. The number of carbonyl (C=O) groups excluding carboxylic acids is 1. The molecule has 0 spiro atoms. The summed E-state index contributed by atoms with van der Waals surface area (Å²) < 4.78 is 37.9. The fourth-order valence-corrected chi connectivity index (χ4v) is 2.21. The van der Waals surface area contributed by atoms with Gasteiger partial charge in [0.15, 0.2) is 0 Å². The van der Waals surface area contributed by atoms with Gasteiger partial charge in [0.25, 0.3) is 5.24 Å². The Morgan fingerprint density at radius 2 is 1.93 bits per heavy atom. The first-order valence-electron chi connectivity index (χ1n) is 3.81. The van der Waals surface area contributed by atoms with Crippen LogP contribution in [0.4, 0.5) is 13.2 Å². The van der Waals surface area contributed by atoms with Crippen LogP contribution in [0.3, 0.4) is 0 Å². The van der Waals surface area contributed by atoms with Crippen LogP contribution in [0.25, 0.3) is 0 Å². The van der Waals surface area contributed by atoms with Crippen molar-refractivity contribution in [2.75, 3.05) is 0 Å². The molecule has 0 aliphatic rings.